The molecule has 1 aromatic rings. The molecule has 1 aromatic carbocycles. The standard InChI is InChI=1S/C16H22ClN3O/c17-13-9-11(16(18)21)4-5-12(13)10-19-14-6-8-20-7-2-1-3-15(14)20/h4-5,9,14-15,19H,1-3,6-8,10H2,(H2,18,21). The first-order chi connectivity index (χ1) is 10.1. The number of piperidine rings is 1. The Kier molecular flexibility index (Phi) is 4.48. The largest absolute Gasteiger partial charge is 0.366 e. The summed E-state index contributed by atoms with van der Waals surface area (Å²) >= 11 is 6.24. The van der Waals surface area contributed by atoms with Crippen molar-refractivity contribution in [2.75, 3.05) is 13.1 Å². The molecule has 5 heteroatoms. The lowest BCUT2D eigenvalue weighted by Gasteiger charge is -2.32. The van der Waals surface area contributed by atoms with Crippen LogP contribution in [0, 0.1) is 0 Å². The summed E-state index contributed by atoms with van der Waals surface area (Å²) in [6, 6.07) is 6.53. The number of nitrogens with two attached hydrogens (primary N) is 1. The van der Waals surface area contributed by atoms with Crippen LogP contribution in [-0.2, 0) is 6.54 Å². The first-order valence-electron chi connectivity index (χ1n) is 7.71. The third-order valence-corrected chi connectivity index (χ3v) is 5.10. The van der Waals surface area contributed by atoms with Crippen LogP contribution in [0.1, 0.15) is 41.6 Å². The van der Waals surface area contributed by atoms with Crippen LogP contribution in [0.15, 0.2) is 18.2 Å². The topological polar surface area (TPSA) is 58.4 Å². The van der Waals surface area contributed by atoms with Gasteiger partial charge in [-0.1, -0.05) is 24.1 Å². The number of hydrogen-bond acceptors (Lipinski definition) is 3. The Balaban J connectivity index is 1.61. The second kappa shape index (κ2) is 6.34. The molecule has 0 saturated carbocycles. The zero-order valence-corrected chi connectivity index (χ0v) is 12.9. The van der Waals surface area contributed by atoms with Crippen LogP contribution in [0.4, 0.5) is 0 Å². The molecule has 0 radical (unpaired) electrons. The number of hydrogen-bond donors (Lipinski definition) is 2. The van der Waals surface area contributed by atoms with Crippen molar-refractivity contribution in [2.45, 2.75) is 44.3 Å². The molecule has 1 amide bonds. The first kappa shape index (κ1) is 14.8. The molecule has 3 N–H and O–H groups in total. The van der Waals surface area contributed by atoms with Crippen LogP contribution in [0.3, 0.4) is 0 Å². The number of rotatable bonds is 4. The number of nitrogens with zero attached hydrogens (tertiary/aromatic N) is 1. The summed E-state index contributed by atoms with van der Waals surface area (Å²) in [6.45, 7) is 3.19. The number of carbonyl (C=O) groups is 1. The number of nitrogens with one attached hydrogen (secondary N) is 1. The summed E-state index contributed by atoms with van der Waals surface area (Å²) in [7, 11) is 0. The Bertz CT molecular complexity index is 534. The molecule has 3 rings (SSSR count). The van der Waals surface area contributed by atoms with E-state index in [9.17, 15) is 4.79 Å². The fourth-order valence-corrected chi connectivity index (χ4v) is 3.82. The average molecular weight is 308 g/mol. The summed E-state index contributed by atoms with van der Waals surface area (Å²) in [5.41, 5.74) is 6.75. The molecule has 2 unspecified atom stereocenters. The molecule has 2 atom stereocenters. The van der Waals surface area contributed by atoms with Gasteiger partial charge in [0.1, 0.15) is 0 Å². The lowest BCUT2D eigenvalue weighted by atomic mass is 9.99. The number of halogens is 1. The molecule has 2 aliphatic heterocycles. The lowest BCUT2D eigenvalue weighted by Crippen LogP contribution is -2.44. The Morgan fingerprint density at radius 2 is 2.19 bits per heavy atom. The first-order valence-corrected chi connectivity index (χ1v) is 8.08. The normalized spacial score (nSPS) is 25.8. The molecular formula is C16H22ClN3O. The minimum absolute atomic E-state index is 0.440. The maximum absolute atomic E-state index is 11.1. The van der Waals surface area contributed by atoms with E-state index < -0.39 is 5.91 Å². The molecule has 114 valence electrons. The third-order valence-electron chi connectivity index (χ3n) is 4.75. The fourth-order valence-electron chi connectivity index (χ4n) is 3.57. The van der Waals surface area contributed by atoms with Crippen molar-refractivity contribution in [3.05, 3.63) is 34.3 Å². The zero-order chi connectivity index (χ0) is 14.8. The van der Waals surface area contributed by atoms with Gasteiger partial charge in [0.2, 0.25) is 5.91 Å². The fraction of sp³-hybridized carbons (Fsp3) is 0.562. The predicted molar refractivity (Wildman–Crippen MR) is 84.4 cm³/mol. The van der Waals surface area contributed by atoms with E-state index in [1.807, 2.05) is 6.07 Å². The Labute approximate surface area is 130 Å². The number of amides is 1. The van der Waals surface area contributed by atoms with Gasteiger partial charge in [-0.25, -0.2) is 0 Å². The summed E-state index contributed by atoms with van der Waals surface area (Å²) < 4.78 is 0. The van der Waals surface area contributed by atoms with Crippen LogP contribution < -0.4 is 11.1 Å². The maximum atomic E-state index is 11.1. The number of primary amides is 1. The number of benzene rings is 1. The van der Waals surface area contributed by atoms with Crippen LogP contribution in [0.5, 0.6) is 0 Å². The quantitative estimate of drug-likeness (QED) is 0.896. The van der Waals surface area contributed by atoms with Gasteiger partial charge in [0.25, 0.3) is 0 Å². The van der Waals surface area contributed by atoms with Gasteiger partial charge in [-0.2, -0.15) is 0 Å². The molecule has 0 aliphatic carbocycles. The van der Waals surface area contributed by atoms with Crippen molar-refractivity contribution in [3.8, 4) is 0 Å². The molecular weight excluding hydrogens is 286 g/mol. The summed E-state index contributed by atoms with van der Waals surface area (Å²) in [5, 5.41) is 4.25. The second-order valence-corrected chi connectivity index (χ2v) is 6.45. The smallest absolute Gasteiger partial charge is 0.248 e. The van der Waals surface area contributed by atoms with Crippen molar-refractivity contribution in [1.29, 1.82) is 0 Å². The Morgan fingerprint density at radius 1 is 1.33 bits per heavy atom. The van der Waals surface area contributed by atoms with Crippen molar-refractivity contribution < 1.29 is 4.79 Å². The summed E-state index contributed by atoms with van der Waals surface area (Å²) in [5.74, 6) is -0.440. The van der Waals surface area contributed by atoms with Crippen LogP contribution in [-0.4, -0.2) is 36.0 Å². The van der Waals surface area contributed by atoms with E-state index in [1.165, 1.54) is 38.8 Å². The molecule has 0 aromatic heterocycles. The van der Waals surface area contributed by atoms with E-state index >= 15 is 0 Å². The van der Waals surface area contributed by atoms with Gasteiger partial charge in [0, 0.05) is 35.8 Å². The highest BCUT2D eigenvalue weighted by Gasteiger charge is 2.34. The predicted octanol–water partition coefficient (Wildman–Crippen LogP) is 2.16. The van der Waals surface area contributed by atoms with Gasteiger partial charge in [-0.15, -0.1) is 0 Å². The number of fused-ring (bicyclic) bond motifs is 1. The van der Waals surface area contributed by atoms with Gasteiger partial charge in [-0.05, 0) is 43.5 Å². The molecule has 0 spiro atoms. The van der Waals surface area contributed by atoms with E-state index in [1.54, 1.807) is 12.1 Å². The molecule has 2 saturated heterocycles. The highest BCUT2D eigenvalue weighted by atomic mass is 35.5. The van der Waals surface area contributed by atoms with Crippen molar-refractivity contribution in [3.63, 3.8) is 0 Å². The average Bonchev–Trinajstić information content (AvgIpc) is 2.89. The summed E-state index contributed by atoms with van der Waals surface area (Å²) in [4.78, 5) is 13.7. The zero-order valence-electron chi connectivity index (χ0n) is 12.1. The molecule has 0 bridgehead atoms. The van der Waals surface area contributed by atoms with Gasteiger partial charge >= 0.3 is 0 Å². The van der Waals surface area contributed by atoms with Gasteiger partial charge in [-0.3, -0.25) is 9.69 Å². The van der Waals surface area contributed by atoms with Gasteiger partial charge in [0.15, 0.2) is 0 Å². The Hall–Kier alpha value is -1.10. The van der Waals surface area contributed by atoms with Crippen LogP contribution in [0.25, 0.3) is 0 Å². The van der Waals surface area contributed by atoms with Crippen molar-refractivity contribution in [1.82, 2.24) is 10.2 Å². The van der Waals surface area contributed by atoms with Crippen molar-refractivity contribution in [2.24, 2.45) is 5.73 Å². The minimum atomic E-state index is -0.440. The maximum Gasteiger partial charge on any atom is 0.248 e. The van der Waals surface area contributed by atoms with Gasteiger partial charge in [0.05, 0.1) is 0 Å². The van der Waals surface area contributed by atoms with E-state index in [2.05, 4.69) is 10.2 Å². The van der Waals surface area contributed by atoms with Crippen molar-refractivity contribution >= 4 is 17.5 Å². The van der Waals surface area contributed by atoms with E-state index in [4.69, 9.17) is 17.3 Å². The van der Waals surface area contributed by atoms with E-state index in [0.717, 1.165) is 12.1 Å². The highest BCUT2D eigenvalue weighted by molar-refractivity contribution is 6.31. The third kappa shape index (κ3) is 3.23. The lowest BCUT2D eigenvalue weighted by molar-refractivity contribution is 0.100. The molecule has 4 nitrogen and oxygen atoms in total. The molecule has 2 heterocycles. The van der Waals surface area contributed by atoms with E-state index in [-0.39, 0.29) is 0 Å². The second-order valence-electron chi connectivity index (χ2n) is 6.05. The molecule has 21 heavy (non-hydrogen) atoms. The van der Waals surface area contributed by atoms with Crippen LogP contribution >= 0.6 is 11.6 Å². The molecule has 2 aliphatic rings. The monoisotopic (exact) mass is 307 g/mol. The van der Waals surface area contributed by atoms with E-state index in [0.29, 0.717) is 22.7 Å². The van der Waals surface area contributed by atoms with Crippen LogP contribution in [0.2, 0.25) is 5.02 Å². The van der Waals surface area contributed by atoms with Gasteiger partial charge < -0.3 is 11.1 Å². The molecule has 2 fully saturated rings. The SMILES string of the molecule is NC(=O)c1ccc(CNC2CCN3CCCCC23)c(Cl)c1. The Morgan fingerprint density at radius 3 is 2.95 bits per heavy atom. The minimum Gasteiger partial charge on any atom is -0.366 e. The summed E-state index contributed by atoms with van der Waals surface area (Å²) in [6.07, 6.45) is 5.19. The number of carbonyl (C=O) groups excluding carboxylic acids is 1. The highest BCUT2D eigenvalue weighted by Crippen LogP contribution is 2.27.